The first-order valence-electron chi connectivity index (χ1n) is 11.2. The first-order valence-corrected chi connectivity index (χ1v) is 11.6. The Labute approximate surface area is 204 Å². The second-order valence-electron chi connectivity index (χ2n) is 9.13. The fourth-order valence-electron chi connectivity index (χ4n) is 5.78. The molecule has 0 radical (unpaired) electrons. The Morgan fingerprint density at radius 3 is 2.74 bits per heavy atom. The molecule has 0 aliphatic carbocycles. The van der Waals surface area contributed by atoms with E-state index in [4.69, 9.17) is 26.8 Å². The van der Waals surface area contributed by atoms with E-state index >= 15 is 0 Å². The maximum Gasteiger partial charge on any atom is 0.250 e. The summed E-state index contributed by atoms with van der Waals surface area (Å²) in [4.78, 5) is 53.6. The van der Waals surface area contributed by atoms with E-state index in [0.29, 0.717) is 33.3 Å². The summed E-state index contributed by atoms with van der Waals surface area (Å²) in [6, 6.07) is 9.67. The molecule has 2 aromatic rings. The number of para-hydroxylation sites is 1. The summed E-state index contributed by atoms with van der Waals surface area (Å²) in [7, 11) is 0. The van der Waals surface area contributed by atoms with Gasteiger partial charge in [0.15, 0.2) is 11.5 Å². The monoisotopic (exact) mass is 496 g/mol. The van der Waals surface area contributed by atoms with Gasteiger partial charge in [0, 0.05) is 18.0 Å². The van der Waals surface area contributed by atoms with Crippen LogP contribution >= 0.6 is 11.6 Å². The minimum atomic E-state index is -1.48. The van der Waals surface area contributed by atoms with Crippen LogP contribution in [0, 0.1) is 11.8 Å². The molecule has 0 unspecified atom stereocenters. The van der Waals surface area contributed by atoms with Gasteiger partial charge in [0.1, 0.15) is 5.54 Å². The summed E-state index contributed by atoms with van der Waals surface area (Å²) < 4.78 is 10.7. The Morgan fingerprint density at radius 1 is 1.14 bits per heavy atom. The lowest BCUT2D eigenvalue weighted by molar-refractivity contribution is -0.143. The van der Waals surface area contributed by atoms with Crippen LogP contribution in [0.1, 0.15) is 24.0 Å². The van der Waals surface area contributed by atoms with Crippen LogP contribution in [-0.4, -0.2) is 41.4 Å². The first kappa shape index (κ1) is 21.9. The highest BCUT2D eigenvalue weighted by atomic mass is 35.5. The van der Waals surface area contributed by atoms with Gasteiger partial charge in [-0.05, 0) is 30.2 Å². The van der Waals surface area contributed by atoms with Crippen LogP contribution < -0.4 is 25.8 Å². The zero-order valence-corrected chi connectivity index (χ0v) is 19.1. The number of nitrogens with one attached hydrogen (secondary N) is 2. The fraction of sp³-hybridized carbons (Fsp3) is 0.333. The first-order chi connectivity index (χ1) is 16.8. The van der Waals surface area contributed by atoms with Crippen molar-refractivity contribution in [2.45, 2.75) is 31.0 Å². The maximum atomic E-state index is 13.8. The van der Waals surface area contributed by atoms with Gasteiger partial charge in [0.2, 0.25) is 30.4 Å². The number of carbonyl (C=O) groups excluding carboxylic acids is 4. The van der Waals surface area contributed by atoms with Crippen molar-refractivity contribution in [1.82, 2.24) is 10.2 Å². The zero-order chi connectivity index (χ0) is 24.5. The third-order valence-corrected chi connectivity index (χ3v) is 7.58. The maximum absolute atomic E-state index is 13.8. The van der Waals surface area contributed by atoms with Gasteiger partial charge in [-0.3, -0.25) is 29.4 Å². The summed E-state index contributed by atoms with van der Waals surface area (Å²) in [5.41, 5.74) is 5.49. The minimum absolute atomic E-state index is 0.00458. The lowest BCUT2D eigenvalue weighted by atomic mass is 9.76. The second kappa shape index (κ2) is 7.69. The summed E-state index contributed by atoms with van der Waals surface area (Å²) in [6.07, 6.45) is 0.211. The molecule has 4 amide bonds. The highest BCUT2D eigenvalue weighted by Crippen LogP contribution is 2.54. The van der Waals surface area contributed by atoms with Crippen molar-refractivity contribution < 1.29 is 28.7 Å². The highest BCUT2D eigenvalue weighted by Gasteiger charge is 2.70. The molecular formula is C24H21ClN4O6. The summed E-state index contributed by atoms with van der Waals surface area (Å²) in [5.74, 6) is -2.56. The topological polar surface area (TPSA) is 140 Å². The molecule has 2 saturated heterocycles. The van der Waals surface area contributed by atoms with E-state index in [2.05, 4.69) is 10.6 Å². The number of benzene rings is 2. The fourth-order valence-corrected chi connectivity index (χ4v) is 6.00. The van der Waals surface area contributed by atoms with Gasteiger partial charge < -0.3 is 20.5 Å². The second-order valence-corrected chi connectivity index (χ2v) is 9.54. The molecule has 2 fully saturated rings. The standard InChI is InChI=1S/C24H21ClN4O6/c25-13-3-1-2-12-20(13)27-23(33)24(12)19-18(14(28-24)5-7-17(26)30)21(31)29(22(19)32)9-11-4-6-15-16(8-11)35-10-34-15/h1-4,6,8,14,18-19,28H,5,7,9-10H2,(H2,26,30)(H,27,33)/t14-,18+,19-,24-/m0/s1. The molecule has 4 aliphatic heterocycles. The average molecular weight is 497 g/mol. The molecule has 0 bridgehead atoms. The Balaban J connectivity index is 1.40. The van der Waals surface area contributed by atoms with Crippen molar-refractivity contribution in [3.63, 3.8) is 0 Å². The number of likely N-dealkylation sites (tertiary alicyclic amines) is 1. The number of imide groups is 1. The number of ether oxygens (including phenoxy) is 2. The van der Waals surface area contributed by atoms with E-state index in [-0.39, 0.29) is 26.2 Å². The van der Waals surface area contributed by atoms with Crippen LogP contribution in [-0.2, 0) is 31.3 Å². The van der Waals surface area contributed by atoms with Crippen molar-refractivity contribution in [2.75, 3.05) is 12.1 Å². The van der Waals surface area contributed by atoms with Gasteiger partial charge in [0.05, 0.1) is 29.1 Å². The Hall–Kier alpha value is -3.63. The lowest BCUT2D eigenvalue weighted by Crippen LogP contribution is -2.53. The van der Waals surface area contributed by atoms with Gasteiger partial charge >= 0.3 is 0 Å². The Kier molecular flexibility index (Phi) is 4.81. The van der Waals surface area contributed by atoms with E-state index < -0.39 is 47.0 Å². The lowest BCUT2D eigenvalue weighted by Gasteiger charge is -2.29. The number of anilines is 1. The van der Waals surface area contributed by atoms with E-state index in [1.807, 2.05) is 0 Å². The molecule has 4 atom stereocenters. The molecule has 6 rings (SSSR count). The van der Waals surface area contributed by atoms with Gasteiger partial charge in [-0.15, -0.1) is 0 Å². The summed E-state index contributed by atoms with van der Waals surface area (Å²) in [5, 5.41) is 6.37. The predicted molar refractivity (Wildman–Crippen MR) is 122 cm³/mol. The Morgan fingerprint density at radius 2 is 1.94 bits per heavy atom. The number of carbonyl (C=O) groups is 4. The van der Waals surface area contributed by atoms with Gasteiger partial charge in [-0.25, -0.2) is 0 Å². The summed E-state index contributed by atoms with van der Waals surface area (Å²) in [6.45, 7) is 0.126. The number of nitrogens with two attached hydrogens (primary N) is 1. The SMILES string of the molecule is NC(=O)CC[C@@H]1N[C@]2(C(=O)Nc3c(Cl)cccc32)[C@@H]2C(=O)N(Cc3ccc4c(c3)OCO4)C(=O)[C@H]12. The quantitative estimate of drug-likeness (QED) is 0.529. The van der Waals surface area contributed by atoms with Crippen molar-refractivity contribution in [3.05, 3.63) is 52.5 Å². The molecule has 0 saturated carbocycles. The number of fused-ring (bicyclic) bond motifs is 5. The van der Waals surface area contributed by atoms with Crippen molar-refractivity contribution in [1.29, 1.82) is 0 Å². The van der Waals surface area contributed by atoms with Gasteiger partial charge in [-0.2, -0.15) is 0 Å². The molecule has 0 aromatic heterocycles. The molecule has 4 aliphatic rings. The molecule has 10 nitrogen and oxygen atoms in total. The van der Waals surface area contributed by atoms with Crippen LogP contribution in [0.5, 0.6) is 11.5 Å². The smallest absolute Gasteiger partial charge is 0.250 e. The van der Waals surface area contributed by atoms with Crippen molar-refractivity contribution in [3.8, 4) is 11.5 Å². The van der Waals surface area contributed by atoms with E-state index in [1.54, 1.807) is 36.4 Å². The number of amides is 4. The minimum Gasteiger partial charge on any atom is -0.454 e. The predicted octanol–water partition coefficient (Wildman–Crippen LogP) is 1.25. The molecule has 35 heavy (non-hydrogen) atoms. The highest BCUT2D eigenvalue weighted by molar-refractivity contribution is 6.35. The average Bonchev–Trinajstić information content (AvgIpc) is 3.55. The van der Waals surface area contributed by atoms with Gasteiger partial charge in [0.25, 0.3) is 0 Å². The van der Waals surface area contributed by atoms with Crippen molar-refractivity contribution >= 4 is 40.9 Å². The van der Waals surface area contributed by atoms with Crippen LogP contribution in [0.15, 0.2) is 36.4 Å². The number of hydrogen-bond acceptors (Lipinski definition) is 7. The molecular weight excluding hydrogens is 476 g/mol. The molecule has 4 N–H and O–H groups in total. The number of primary amides is 1. The number of nitrogens with zero attached hydrogens (tertiary/aromatic N) is 1. The van der Waals surface area contributed by atoms with Gasteiger partial charge in [-0.1, -0.05) is 29.8 Å². The molecule has 11 heteroatoms. The molecule has 4 heterocycles. The van der Waals surface area contributed by atoms with E-state index in [0.717, 1.165) is 0 Å². The number of hydrogen-bond donors (Lipinski definition) is 3. The van der Waals surface area contributed by atoms with E-state index in [1.165, 1.54) is 4.90 Å². The molecule has 1 spiro atoms. The Bertz CT molecular complexity index is 1310. The third kappa shape index (κ3) is 3.06. The van der Waals surface area contributed by atoms with Crippen LogP contribution in [0.3, 0.4) is 0 Å². The normalized spacial score (nSPS) is 28.0. The number of rotatable bonds is 5. The molecule has 180 valence electrons. The van der Waals surface area contributed by atoms with E-state index in [9.17, 15) is 19.2 Å². The van der Waals surface area contributed by atoms with Crippen LogP contribution in [0.4, 0.5) is 5.69 Å². The largest absolute Gasteiger partial charge is 0.454 e. The van der Waals surface area contributed by atoms with Crippen molar-refractivity contribution in [2.24, 2.45) is 17.6 Å². The molecule has 2 aromatic carbocycles. The third-order valence-electron chi connectivity index (χ3n) is 7.27. The van der Waals surface area contributed by atoms with Crippen LogP contribution in [0.25, 0.3) is 0 Å². The van der Waals surface area contributed by atoms with Crippen LogP contribution in [0.2, 0.25) is 5.02 Å². The number of halogens is 1. The zero-order valence-electron chi connectivity index (χ0n) is 18.4. The summed E-state index contributed by atoms with van der Waals surface area (Å²) >= 11 is 6.34.